The molecule has 2 heterocycles. The van der Waals surface area contributed by atoms with Crippen LogP contribution in [0.3, 0.4) is 0 Å². The van der Waals surface area contributed by atoms with Gasteiger partial charge in [-0.1, -0.05) is 29.8 Å². The first kappa shape index (κ1) is 27.0. The molecule has 0 aliphatic rings. The van der Waals surface area contributed by atoms with E-state index in [0.29, 0.717) is 13.1 Å². The van der Waals surface area contributed by atoms with Crippen molar-refractivity contribution in [3.63, 3.8) is 0 Å². The largest absolute Gasteiger partial charge is 0.348 e. The molecule has 1 aromatic carbocycles. The number of urea groups is 1. The smallest absolute Gasteiger partial charge is 0.314 e. The van der Waals surface area contributed by atoms with E-state index in [9.17, 15) is 4.79 Å². The minimum atomic E-state index is -0.109. The normalized spacial score (nSPS) is 12.0. The molecule has 9 heteroatoms. The number of carbonyl (C=O) groups is 1. The van der Waals surface area contributed by atoms with Crippen molar-refractivity contribution in [1.29, 1.82) is 0 Å². The van der Waals surface area contributed by atoms with Crippen molar-refractivity contribution >= 4 is 29.4 Å². The number of nitrogens with zero attached hydrogens (tertiary/aromatic N) is 3. The number of pyridine rings is 1. The van der Waals surface area contributed by atoms with Crippen LogP contribution >= 0.6 is 23.4 Å². The number of halogens is 1. The number of benzene rings is 1. The van der Waals surface area contributed by atoms with Crippen LogP contribution in [-0.2, 0) is 5.75 Å². The zero-order valence-corrected chi connectivity index (χ0v) is 22.0. The summed E-state index contributed by atoms with van der Waals surface area (Å²) in [6.07, 6.45) is 5.41. The summed E-state index contributed by atoms with van der Waals surface area (Å²) in [5.41, 5.74) is 4.46. The van der Waals surface area contributed by atoms with E-state index in [0.717, 1.165) is 59.5 Å². The van der Waals surface area contributed by atoms with Crippen molar-refractivity contribution in [2.75, 3.05) is 39.0 Å². The van der Waals surface area contributed by atoms with Crippen LogP contribution in [-0.4, -0.2) is 64.9 Å². The second-order valence-corrected chi connectivity index (χ2v) is 10.1. The predicted molar refractivity (Wildman–Crippen MR) is 145 cm³/mol. The van der Waals surface area contributed by atoms with Gasteiger partial charge in [0.25, 0.3) is 0 Å². The Morgan fingerprint density at radius 1 is 1.11 bits per heavy atom. The minimum Gasteiger partial charge on any atom is -0.348 e. The lowest BCUT2D eigenvalue weighted by atomic mass is 9.92. The fraction of sp³-hybridized carbons (Fsp3) is 0.423. The molecule has 1 unspecified atom stereocenters. The van der Waals surface area contributed by atoms with Crippen LogP contribution in [0, 0.1) is 6.92 Å². The van der Waals surface area contributed by atoms with E-state index in [1.165, 1.54) is 5.56 Å². The summed E-state index contributed by atoms with van der Waals surface area (Å²) in [6, 6.07) is 14.0. The van der Waals surface area contributed by atoms with Crippen LogP contribution in [0.5, 0.6) is 0 Å². The van der Waals surface area contributed by atoms with Gasteiger partial charge in [0.15, 0.2) is 0 Å². The summed E-state index contributed by atoms with van der Waals surface area (Å²) in [7, 11) is 2.12. The quantitative estimate of drug-likeness (QED) is 0.268. The SMILES string of the molecule is Cc1[nH]cnc1CSCCNC(=O)NCCCN(C)CCC(c1ccc(Cl)cc1)c1ccccn1. The molecule has 2 amide bonds. The third-order valence-electron chi connectivity index (χ3n) is 5.82. The molecule has 3 aromatic rings. The number of imidazole rings is 1. The maximum atomic E-state index is 12.0. The lowest BCUT2D eigenvalue weighted by Crippen LogP contribution is -2.38. The molecule has 1 atom stereocenters. The Hall–Kier alpha value is -2.55. The van der Waals surface area contributed by atoms with E-state index in [4.69, 9.17) is 11.6 Å². The van der Waals surface area contributed by atoms with Crippen LogP contribution in [0.25, 0.3) is 0 Å². The van der Waals surface area contributed by atoms with Gasteiger partial charge in [-0.3, -0.25) is 4.98 Å². The summed E-state index contributed by atoms with van der Waals surface area (Å²) < 4.78 is 0. The topological polar surface area (TPSA) is 85.9 Å². The maximum absolute atomic E-state index is 12.0. The number of hydrogen-bond donors (Lipinski definition) is 3. The lowest BCUT2D eigenvalue weighted by Gasteiger charge is -2.22. The summed E-state index contributed by atoms with van der Waals surface area (Å²) in [4.78, 5) is 26.3. The van der Waals surface area contributed by atoms with Crippen LogP contribution < -0.4 is 10.6 Å². The Morgan fingerprint density at radius 2 is 1.91 bits per heavy atom. The molecular formula is C26H35ClN6OS. The standard InChI is InChI=1S/C26H35ClN6OS/c1-20-25(32-19-31-20)18-35-17-14-30-26(34)29-13-5-15-33(2)16-11-23(24-6-3-4-12-28-24)21-7-9-22(27)10-8-21/h3-4,6-10,12,19,23H,5,11,13-18H2,1-2H3,(H,31,32)(H2,29,30,34). The lowest BCUT2D eigenvalue weighted by molar-refractivity contribution is 0.240. The number of aromatic nitrogens is 3. The number of thioether (sulfide) groups is 1. The van der Waals surface area contributed by atoms with Gasteiger partial charge in [0.05, 0.1) is 12.0 Å². The second-order valence-electron chi connectivity index (χ2n) is 8.51. The number of carbonyl (C=O) groups excluding carboxylic acids is 1. The van der Waals surface area contributed by atoms with E-state index in [1.54, 1.807) is 18.1 Å². The van der Waals surface area contributed by atoms with Gasteiger partial charge in [-0.05, 0) is 69.7 Å². The highest BCUT2D eigenvalue weighted by Gasteiger charge is 2.16. The molecule has 35 heavy (non-hydrogen) atoms. The summed E-state index contributed by atoms with van der Waals surface area (Å²) in [5.74, 6) is 1.92. The average molecular weight is 515 g/mol. The van der Waals surface area contributed by atoms with Gasteiger partial charge in [0, 0.05) is 53.1 Å². The molecule has 0 saturated carbocycles. The molecular weight excluding hydrogens is 480 g/mol. The summed E-state index contributed by atoms with van der Waals surface area (Å²) >= 11 is 7.85. The van der Waals surface area contributed by atoms with Crippen molar-refractivity contribution < 1.29 is 4.79 Å². The average Bonchev–Trinajstić information content (AvgIpc) is 3.28. The molecule has 7 nitrogen and oxygen atoms in total. The zero-order valence-electron chi connectivity index (χ0n) is 20.5. The zero-order chi connectivity index (χ0) is 24.9. The molecule has 0 spiro atoms. The molecule has 0 saturated heterocycles. The number of aryl methyl sites for hydroxylation is 1. The minimum absolute atomic E-state index is 0.109. The molecule has 0 bridgehead atoms. The van der Waals surface area contributed by atoms with Gasteiger partial charge < -0.3 is 20.5 Å². The summed E-state index contributed by atoms with van der Waals surface area (Å²) in [6.45, 7) is 5.15. The monoisotopic (exact) mass is 514 g/mol. The third-order valence-corrected chi connectivity index (χ3v) is 7.05. The Balaban J connectivity index is 1.30. The fourth-order valence-corrected chi connectivity index (χ4v) is 4.78. The molecule has 2 aromatic heterocycles. The molecule has 0 aliphatic carbocycles. The molecule has 0 radical (unpaired) electrons. The van der Waals surface area contributed by atoms with Gasteiger partial charge in [0.2, 0.25) is 0 Å². The van der Waals surface area contributed by atoms with Gasteiger partial charge in [-0.2, -0.15) is 11.8 Å². The third kappa shape index (κ3) is 9.55. The van der Waals surface area contributed by atoms with E-state index in [2.05, 4.69) is 55.7 Å². The number of aromatic amines is 1. The van der Waals surface area contributed by atoms with Gasteiger partial charge in [-0.25, -0.2) is 9.78 Å². The van der Waals surface area contributed by atoms with E-state index in [1.807, 2.05) is 37.4 Å². The number of rotatable bonds is 14. The van der Waals surface area contributed by atoms with Crippen molar-refractivity contribution in [1.82, 2.24) is 30.5 Å². The van der Waals surface area contributed by atoms with Crippen molar-refractivity contribution in [2.45, 2.75) is 31.4 Å². The maximum Gasteiger partial charge on any atom is 0.314 e. The van der Waals surface area contributed by atoms with E-state index < -0.39 is 0 Å². The number of nitrogens with one attached hydrogen (secondary N) is 3. The molecule has 3 rings (SSSR count). The Bertz CT molecular complexity index is 1010. The highest BCUT2D eigenvalue weighted by molar-refractivity contribution is 7.98. The van der Waals surface area contributed by atoms with Gasteiger partial charge in [0.1, 0.15) is 0 Å². The van der Waals surface area contributed by atoms with Crippen molar-refractivity contribution in [2.24, 2.45) is 0 Å². The van der Waals surface area contributed by atoms with Crippen LogP contribution in [0.4, 0.5) is 4.79 Å². The highest BCUT2D eigenvalue weighted by atomic mass is 35.5. The van der Waals surface area contributed by atoms with Crippen LogP contribution in [0.15, 0.2) is 55.0 Å². The van der Waals surface area contributed by atoms with Crippen molar-refractivity contribution in [3.8, 4) is 0 Å². The summed E-state index contributed by atoms with van der Waals surface area (Å²) in [5, 5.41) is 6.61. The molecule has 0 fully saturated rings. The Morgan fingerprint density at radius 3 is 2.63 bits per heavy atom. The fourth-order valence-electron chi connectivity index (χ4n) is 3.78. The first-order valence-corrected chi connectivity index (χ1v) is 13.5. The first-order chi connectivity index (χ1) is 17.0. The van der Waals surface area contributed by atoms with Gasteiger partial charge >= 0.3 is 6.03 Å². The second kappa shape index (κ2) is 14.8. The van der Waals surface area contributed by atoms with Crippen molar-refractivity contribution in [3.05, 3.63) is 82.7 Å². The van der Waals surface area contributed by atoms with E-state index in [-0.39, 0.29) is 11.9 Å². The highest BCUT2D eigenvalue weighted by Crippen LogP contribution is 2.27. The van der Waals surface area contributed by atoms with Crippen LogP contribution in [0.1, 0.15) is 41.4 Å². The molecule has 188 valence electrons. The number of hydrogen-bond acceptors (Lipinski definition) is 5. The Labute approximate surface area is 217 Å². The first-order valence-electron chi connectivity index (χ1n) is 12.0. The molecule has 3 N–H and O–H groups in total. The number of amides is 2. The Kier molecular flexibility index (Phi) is 11.4. The predicted octanol–water partition coefficient (Wildman–Crippen LogP) is 4.84. The molecule has 0 aliphatic heterocycles. The van der Waals surface area contributed by atoms with Crippen LogP contribution in [0.2, 0.25) is 5.02 Å². The van der Waals surface area contributed by atoms with Gasteiger partial charge in [-0.15, -0.1) is 0 Å². The van der Waals surface area contributed by atoms with E-state index >= 15 is 0 Å². The number of H-pyrrole nitrogens is 1.